The molecule has 0 aliphatic carbocycles. The van der Waals surface area contributed by atoms with Crippen molar-refractivity contribution in [3.05, 3.63) is 75.8 Å². The van der Waals surface area contributed by atoms with Crippen LogP contribution in [0.1, 0.15) is 5.56 Å². The molecule has 0 bridgehead atoms. The zero-order chi connectivity index (χ0) is 22.5. The maximum Gasteiger partial charge on any atom is 0.148 e. The highest BCUT2D eigenvalue weighted by Crippen LogP contribution is 2.37. The summed E-state index contributed by atoms with van der Waals surface area (Å²) < 4.78 is 34.2. The lowest BCUT2D eigenvalue weighted by Crippen LogP contribution is -2.19. The van der Waals surface area contributed by atoms with Crippen LogP contribution in [0.4, 0.5) is 31.5 Å². The van der Waals surface area contributed by atoms with Crippen LogP contribution < -0.4 is 15.4 Å². The van der Waals surface area contributed by atoms with Crippen LogP contribution in [0, 0.1) is 18.6 Å². The number of anilines is 4. The van der Waals surface area contributed by atoms with Crippen LogP contribution in [0.5, 0.6) is 5.75 Å². The summed E-state index contributed by atoms with van der Waals surface area (Å²) >= 11 is 12.4. The molecule has 0 aliphatic rings. The van der Waals surface area contributed by atoms with E-state index in [1.165, 1.54) is 24.3 Å². The van der Waals surface area contributed by atoms with E-state index in [0.717, 1.165) is 5.56 Å². The molecule has 0 aromatic heterocycles. The van der Waals surface area contributed by atoms with Gasteiger partial charge in [-0.2, -0.15) is 0 Å². The maximum absolute atomic E-state index is 14.9. The van der Waals surface area contributed by atoms with E-state index in [4.69, 9.17) is 27.9 Å². The molecule has 4 nitrogen and oxygen atoms in total. The zero-order valence-electron chi connectivity index (χ0n) is 17.4. The second-order valence-electron chi connectivity index (χ2n) is 7.34. The minimum Gasteiger partial charge on any atom is -0.490 e. The molecule has 0 radical (unpaired) electrons. The molecular weight excluding hydrogens is 443 g/mol. The van der Waals surface area contributed by atoms with E-state index >= 15 is 0 Å². The third-order valence-corrected chi connectivity index (χ3v) is 5.09. The number of likely N-dealkylation sites (N-methyl/N-ethyl adjacent to an activating group) is 1. The second-order valence-corrected chi connectivity index (χ2v) is 8.15. The van der Waals surface area contributed by atoms with Gasteiger partial charge in [0, 0.05) is 18.7 Å². The molecule has 164 valence electrons. The van der Waals surface area contributed by atoms with E-state index in [0.29, 0.717) is 41.0 Å². The predicted molar refractivity (Wildman–Crippen MR) is 125 cm³/mol. The summed E-state index contributed by atoms with van der Waals surface area (Å²) in [5, 5.41) is 6.70. The minimum absolute atomic E-state index is 0.174. The van der Waals surface area contributed by atoms with Crippen LogP contribution >= 0.6 is 23.2 Å². The van der Waals surface area contributed by atoms with Gasteiger partial charge >= 0.3 is 0 Å². The van der Waals surface area contributed by atoms with Crippen LogP contribution in [0.3, 0.4) is 0 Å². The van der Waals surface area contributed by atoms with Gasteiger partial charge < -0.3 is 20.3 Å². The van der Waals surface area contributed by atoms with E-state index < -0.39 is 11.6 Å². The van der Waals surface area contributed by atoms with Crippen molar-refractivity contribution in [1.29, 1.82) is 0 Å². The average molecular weight is 466 g/mol. The van der Waals surface area contributed by atoms with Crippen molar-refractivity contribution in [2.24, 2.45) is 0 Å². The molecule has 0 amide bonds. The number of hydrogen-bond donors (Lipinski definition) is 2. The van der Waals surface area contributed by atoms with Crippen molar-refractivity contribution in [3.63, 3.8) is 0 Å². The van der Waals surface area contributed by atoms with Gasteiger partial charge in [0.2, 0.25) is 0 Å². The van der Waals surface area contributed by atoms with E-state index in [-0.39, 0.29) is 10.7 Å². The molecule has 0 spiro atoms. The van der Waals surface area contributed by atoms with Crippen LogP contribution in [0.2, 0.25) is 10.0 Å². The van der Waals surface area contributed by atoms with Gasteiger partial charge in [-0.15, -0.1) is 0 Å². The smallest absolute Gasteiger partial charge is 0.148 e. The molecule has 31 heavy (non-hydrogen) atoms. The number of rotatable bonds is 8. The zero-order valence-corrected chi connectivity index (χ0v) is 18.9. The predicted octanol–water partition coefficient (Wildman–Crippen LogP) is 7.01. The summed E-state index contributed by atoms with van der Waals surface area (Å²) in [4.78, 5) is 1.97. The highest BCUT2D eigenvalue weighted by Gasteiger charge is 2.15. The van der Waals surface area contributed by atoms with Crippen LogP contribution in [-0.2, 0) is 0 Å². The van der Waals surface area contributed by atoms with Crippen molar-refractivity contribution < 1.29 is 13.5 Å². The Hall–Kier alpha value is -2.54. The molecule has 0 heterocycles. The highest BCUT2D eigenvalue weighted by molar-refractivity contribution is 6.33. The van der Waals surface area contributed by atoms with Gasteiger partial charge in [0.15, 0.2) is 0 Å². The molecule has 0 unspecified atom stereocenters. The van der Waals surface area contributed by atoms with Gasteiger partial charge in [-0.25, -0.2) is 8.78 Å². The number of aryl methyl sites for hydroxylation is 1. The SMILES string of the molecule is Cc1ccc(Nc2cc(OCCN(C)C)c(Nc3ccc(F)cc3Cl)cc2F)c(Cl)c1. The first-order chi connectivity index (χ1) is 14.7. The number of ether oxygens (including phenoxy) is 1. The standard InChI is InChI=1S/C23H23Cl2F2N3O/c1-14-4-6-19(16(24)10-14)28-21-13-23(31-9-8-30(2)3)22(12-18(21)27)29-20-7-5-15(26)11-17(20)25/h4-7,10-13,28-29H,8-9H2,1-3H3. The first-order valence-corrected chi connectivity index (χ1v) is 10.3. The minimum atomic E-state index is -0.516. The third kappa shape index (κ3) is 6.23. The van der Waals surface area contributed by atoms with Crippen LogP contribution in [0.15, 0.2) is 48.5 Å². The van der Waals surface area contributed by atoms with Crippen LogP contribution in [-0.4, -0.2) is 32.1 Å². The lowest BCUT2D eigenvalue weighted by Gasteiger charge is -2.18. The summed E-state index contributed by atoms with van der Waals surface area (Å²) in [5.74, 6) is -0.564. The van der Waals surface area contributed by atoms with Gasteiger partial charge in [0.25, 0.3) is 0 Å². The van der Waals surface area contributed by atoms with Crippen molar-refractivity contribution in [2.45, 2.75) is 6.92 Å². The Kier molecular flexibility index (Phi) is 7.59. The van der Waals surface area contributed by atoms with E-state index in [1.807, 2.05) is 32.0 Å². The van der Waals surface area contributed by atoms with E-state index in [9.17, 15) is 8.78 Å². The Morgan fingerprint density at radius 1 is 0.839 bits per heavy atom. The summed E-state index contributed by atoms with van der Waals surface area (Å²) in [5.41, 5.74) is 2.58. The Labute approximate surface area is 190 Å². The van der Waals surface area contributed by atoms with Gasteiger partial charge in [0.1, 0.15) is 24.0 Å². The molecule has 0 saturated carbocycles. The number of nitrogens with one attached hydrogen (secondary N) is 2. The average Bonchev–Trinajstić information content (AvgIpc) is 2.68. The number of benzene rings is 3. The fourth-order valence-electron chi connectivity index (χ4n) is 2.81. The fraction of sp³-hybridized carbons (Fsp3) is 0.217. The van der Waals surface area contributed by atoms with Gasteiger partial charge in [-0.3, -0.25) is 0 Å². The number of nitrogens with zero attached hydrogens (tertiary/aromatic N) is 1. The van der Waals surface area contributed by atoms with E-state index in [1.54, 1.807) is 18.2 Å². The Morgan fingerprint density at radius 2 is 1.48 bits per heavy atom. The molecule has 0 saturated heterocycles. The Morgan fingerprint density at radius 3 is 2.13 bits per heavy atom. The summed E-state index contributed by atoms with van der Waals surface area (Å²) in [6, 6.07) is 12.3. The lowest BCUT2D eigenvalue weighted by atomic mass is 10.2. The monoisotopic (exact) mass is 465 g/mol. The molecule has 3 aromatic rings. The summed E-state index contributed by atoms with van der Waals surface area (Å²) in [6.07, 6.45) is 0. The quantitative estimate of drug-likeness (QED) is 0.375. The Balaban J connectivity index is 1.94. The molecule has 8 heteroatoms. The number of hydrogen-bond acceptors (Lipinski definition) is 4. The molecule has 3 rings (SSSR count). The molecule has 2 N–H and O–H groups in total. The largest absolute Gasteiger partial charge is 0.490 e. The molecule has 0 aliphatic heterocycles. The molecule has 0 atom stereocenters. The van der Waals surface area contributed by atoms with Gasteiger partial charge in [-0.1, -0.05) is 29.3 Å². The maximum atomic E-state index is 14.9. The van der Waals surface area contributed by atoms with Gasteiger partial charge in [-0.05, 0) is 56.9 Å². The summed E-state index contributed by atoms with van der Waals surface area (Å²) in [6.45, 7) is 2.98. The topological polar surface area (TPSA) is 36.5 Å². The van der Waals surface area contributed by atoms with Crippen molar-refractivity contribution in [3.8, 4) is 5.75 Å². The Bertz CT molecular complexity index is 1080. The first-order valence-electron chi connectivity index (χ1n) is 9.59. The summed E-state index contributed by atoms with van der Waals surface area (Å²) in [7, 11) is 3.86. The normalized spacial score (nSPS) is 11.0. The van der Waals surface area contributed by atoms with Crippen LogP contribution in [0.25, 0.3) is 0 Å². The van der Waals surface area contributed by atoms with Gasteiger partial charge in [0.05, 0.1) is 32.8 Å². The lowest BCUT2D eigenvalue weighted by molar-refractivity contribution is 0.262. The second kappa shape index (κ2) is 10.2. The molecule has 0 fully saturated rings. The third-order valence-electron chi connectivity index (χ3n) is 4.46. The van der Waals surface area contributed by atoms with Crippen molar-refractivity contribution >= 4 is 46.0 Å². The molecular formula is C23H23Cl2F2N3O. The van der Waals surface area contributed by atoms with Crippen molar-refractivity contribution in [2.75, 3.05) is 37.9 Å². The van der Waals surface area contributed by atoms with Crippen molar-refractivity contribution in [1.82, 2.24) is 4.90 Å². The van der Waals surface area contributed by atoms with E-state index in [2.05, 4.69) is 10.6 Å². The fourth-order valence-corrected chi connectivity index (χ4v) is 3.30. The highest BCUT2D eigenvalue weighted by atomic mass is 35.5. The number of halogens is 4. The first kappa shape index (κ1) is 23.1. The molecule has 3 aromatic carbocycles.